The van der Waals surface area contributed by atoms with Gasteiger partial charge in [0, 0.05) is 17.8 Å². The first-order valence-corrected chi connectivity index (χ1v) is 8.16. The predicted molar refractivity (Wildman–Crippen MR) is 85.9 cm³/mol. The molecule has 1 fully saturated rings. The lowest BCUT2D eigenvalue weighted by Gasteiger charge is -2.35. The number of ether oxygens (including phenoxy) is 1. The fraction of sp³-hybridized carbons (Fsp3) is 0.588. The van der Waals surface area contributed by atoms with Gasteiger partial charge in [0.1, 0.15) is 5.75 Å². The molecule has 1 N–H and O–H groups in total. The SMILES string of the molecule is COc1cccc(CC(=O)NCC2(CCl)CCCCC2)c1. The second-order valence-electron chi connectivity index (χ2n) is 6.00. The fourth-order valence-corrected chi connectivity index (χ4v) is 3.34. The van der Waals surface area contributed by atoms with E-state index in [1.165, 1.54) is 19.3 Å². The topological polar surface area (TPSA) is 38.3 Å². The number of methoxy groups -OCH3 is 1. The Balaban J connectivity index is 1.86. The Hall–Kier alpha value is -1.22. The van der Waals surface area contributed by atoms with Crippen LogP contribution in [0.25, 0.3) is 0 Å². The van der Waals surface area contributed by atoms with Crippen LogP contribution in [0.4, 0.5) is 0 Å². The van der Waals surface area contributed by atoms with Gasteiger partial charge in [0.05, 0.1) is 13.5 Å². The zero-order valence-electron chi connectivity index (χ0n) is 12.7. The fourth-order valence-electron chi connectivity index (χ4n) is 2.98. The minimum Gasteiger partial charge on any atom is -0.497 e. The van der Waals surface area contributed by atoms with E-state index >= 15 is 0 Å². The molecule has 4 heteroatoms. The van der Waals surface area contributed by atoms with E-state index in [1.54, 1.807) is 7.11 Å². The molecule has 0 bridgehead atoms. The first-order valence-electron chi connectivity index (χ1n) is 7.63. The Bertz CT molecular complexity index is 470. The van der Waals surface area contributed by atoms with Crippen molar-refractivity contribution >= 4 is 17.5 Å². The highest BCUT2D eigenvalue weighted by Crippen LogP contribution is 2.36. The van der Waals surface area contributed by atoms with Crippen LogP contribution in [0.3, 0.4) is 0 Å². The number of alkyl halides is 1. The van der Waals surface area contributed by atoms with Gasteiger partial charge < -0.3 is 10.1 Å². The van der Waals surface area contributed by atoms with Crippen molar-refractivity contribution in [1.82, 2.24) is 5.32 Å². The van der Waals surface area contributed by atoms with Crippen LogP contribution in [-0.2, 0) is 11.2 Å². The molecule has 0 saturated heterocycles. The molecule has 0 unspecified atom stereocenters. The highest BCUT2D eigenvalue weighted by molar-refractivity contribution is 6.18. The number of halogens is 1. The zero-order chi connectivity index (χ0) is 15.1. The van der Waals surface area contributed by atoms with Crippen LogP contribution in [0, 0.1) is 5.41 Å². The van der Waals surface area contributed by atoms with Crippen LogP contribution in [-0.4, -0.2) is 25.4 Å². The van der Waals surface area contributed by atoms with E-state index < -0.39 is 0 Å². The van der Waals surface area contributed by atoms with Gasteiger partial charge in [-0.3, -0.25) is 4.79 Å². The Morgan fingerprint density at radius 1 is 1.33 bits per heavy atom. The summed E-state index contributed by atoms with van der Waals surface area (Å²) in [6.07, 6.45) is 6.36. The van der Waals surface area contributed by atoms with E-state index in [9.17, 15) is 4.79 Å². The lowest BCUT2D eigenvalue weighted by molar-refractivity contribution is -0.121. The number of rotatable bonds is 6. The summed E-state index contributed by atoms with van der Waals surface area (Å²) >= 11 is 6.15. The minimum atomic E-state index is 0.0540. The maximum Gasteiger partial charge on any atom is 0.224 e. The Kier molecular flexibility index (Phi) is 5.92. The smallest absolute Gasteiger partial charge is 0.224 e. The van der Waals surface area contributed by atoms with Crippen molar-refractivity contribution in [2.24, 2.45) is 5.41 Å². The second-order valence-corrected chi connectivity index (χ2v) is 6.27. The van der Waals surface area contributed by atoms with Crippen LogP contribution in [0.2, 0.25) is 0 Å². The van der Waals surface area contributed by atoms with Gasteiger partial charge in [0.25, 0.3) is 0 Å². The first-order chi connectivity index (χ1) is 10.2. The number of hydrogen-bond acceptors (Lipinski definition) is 2. The van der Waals surface area contributed by atoms with Gasteiger partial charge in [-0.2, -0.15) is 0 Å². The van der Waals surface area contributed by atoms with E-state index in [1.807, 2.05) is 24.3 Å². The number of nitrogens with one attached hydrogen (secondary N) is 1. The molecule has 0 aliphatic heterocycles. The van der Waals surface area contributed by atoms with Crippen LogP contribution >= 0.6 is 11.6 Å². The first kappa shape index (κ1) is 16.2. The molecule has 1 aliphatic carbocycles. The molecule has 1 aromatic carbocycles. The molecular formula is C17H24ClNO2. The van der Waals surface area contributed by atoms with Crippen LogP contribution in [0.1, 0.15) is 37.7 Å². The van der Waals surface area contributed by atoms with Crippen molar-refractivity contribution in [2.45, 2.75) is 38.5 Å². The van der Waals surface area contributed by atoms with Gasteiger partial charge in [-0.05, 0) is 30.5 Å². The lowest BCUT2D eigenvalue weighted by Crippen LogP contribution is -2.40. The molecule has 0 atom stereocenters. The summed E-state index contributed by atoms with van der Waals surface area (Å²) in [6, 6.07) is 7.63. The Morgan fingerprint density at radius 3 is 2.76 bits per heavy atom. The van der Waals surface area contributed by atoms with Crippen molar-refractivity contribution in [3.05, 3.63) is 29.8 Å². The summed E-state index contributed by atoms with van der Waals surface area (Å²) in [4.78, 5) is 12.1. The molecule has 0 spiro atoms. The normalized spacial score (nSPS) is 17.2. The van der Waals surface area contributed by atoms with Crippen molar-refractivity contribution in [1.29, 1.82) is 0 Å². The number of hydrogen-bond donors (Lipinski definition) is 1. The van der Waals surface area contributed by atoms with E-state index in [0.717, 1.165) is 24.2 Å². The number of carbonyl (C=O) groups excluding carboxylic acids is 1. The van der Waals surface area contributed by atoms with E-state index in [-0.39, 0.29) is 11.3 Å². The highest BCUT2D eigenvalue weighted by atomic mass is 35.5. The average Bonchev–Trinajstić information content (AvgIpc) is 2.54. The Labute approximate surface area is 132 Å². The molecule has 1 aromatic rings. The molecule has 2 rings (SSSR count). The zero-order valence-corrected chi connectivity index (χ0v) is 13.4. The van der Waals surface area contributed by atoms with Crippen molar-refractivity contribution < 1.29 is 9.53 Å². The third-order valence-electron chi connectivity index (χ3n) is 4.36. The summed E-state index contributed by atoms with van der Waals surface area (Å²) in [5.41, 5.74) is 1.07. The summed E-state index contributed by atoms with van der Waals surface area (Å²) in [5, 5.41) is 3.07. The maximum absolute atomic E-state index is 12.1. The lowest BCUT2D eigenvalue weighted by atomic mass is 9.75. The van der Waals surface area contributed by atoms with Gasteiger partial charge >= 0.3 is 0 Å². The number of amides is 1. The van der Waals surface area contributed by atoms with Gasteiger partial charge in [-0.1, -0.05) is 31.4 Å². The molecule has 1 saturated carbocycles. The average molecular weight is 310 g/mol. The molecule has 3 nitrogen and oxygen atoms in total. The third-order valence-corrected chi connectivity index (χ3v) is 4.92. The minimum absolute atomic E-state index is 0.0540. The molecule has 0 aromatic heterocycles. The van der Waals surface area contributed by atoms with Crippen molar-refractivity contribution in [3.63, 3.8) is 0 Å². The summed E-state index contributed by atoms with van der Waals surface area (Å²) < 4.78 is 5.18. The number of benzene rings is 1. The van der Waals surface area contributed by atoms with Gasteiger partial charge in [0.2, 0.25) is 5.91 Å². The van der Waals surface area contributed by atoms with Gasteiger partial charge in [0.15, 0.2) is 0 Å². The van der Waals surface area contributed by atoms with E-state index in [0.29, 0.717) is 18.8 Å². The quantitative estimate of drug-likeness (QED) is 0.816. The second kappa shape index (κ2) is 7.69. The van der Waals surface area contributed by atoms with Crippen molar-refractivity contribution in [2.75, 3.05) is 19.5 Å². The molecule has 1 aliphatic rings. The maximum atomic E-state index is 12.1. The summed E-state index contributed by atoms with van der Waals surface area (Å²) in [5.74, 6) is 1.47. The Morgan fingerprint density at radius 2 is 2.10 bits per heavy atom. The van der Waals surface area contributed by atoms with Crippen molar-refractivity contribution in [3.8, 4) is 5.75 Å². The molecule has 1 amide bonds. The molecule has 0 heterocycles. The third kappa shape index (κ3) is 4.63. The molecule has 116 valence electrons. The monoisotopic (exact) mass is 309 g/mol. The highest BCUT2D eigenvalue weighted by Gasteiger charge is 2.31. The van der Waals surface area contributed by atoms with Crippen LogP contribution < -0.4 is 10.1 Å². The van der Waals surface area contributed by atoms with Gasteiger partial charge in [-0.25, -0.2) is 0 Å². The van der Waals surface area contributed by atoms with E-state index in [4.69, 9.17) is 16.3 Å². The molecular weight excluding hydrogens is 286 g/mol. The van der Waals surface area contributed by atoms with Gasteiger partial charge in [-0.15, -0.1) is 11.6 Å². The molecule has 0 radical (unpaired) electrons. The number of carbonyl (C=O) groups is 1. The summed E-state index contributed by atoms with van der Waals surface area (Å²) in [7, 11) is 1.63. The van der Waals surface area contributed by atoms with E-state index in [2.05, 4.69) is 5.32 Å². The van der Waals surface area contributed by atoms with Crippen LogP contribution in [0.15, 0.2) is 24.3 Å². The van der Waals surface area contributed by atoms with Crippen LogP contribution in [0.5, 0.6) is 5.75 Å². The predicted octanol–water partition coefficient (Wildman–Crippen LogP) is 3.54. The standard InChI is InChI=1S/C17H24ClNO2/c1-21-15-7-5-6-14(10-15)11-16(20)19-13-17(12-18)8-3-2-4-9-17/h5-7,10H,2-4,8-9,11-13H2,1H3,(H,19,20). The molecule has 21 heavy (non-hydrogen) atoms. The largest absolute Gasteiger partial charge is 0.497 e. The summed E-state index contributed by atoms with van der Waals surface area (Å²) in [6.45, 7) is 0.694.